The first-order valence-corrected chi connectivity index (χ1v) is 9.26. The van der Waals surface area contributed by atoms with Gasteiger partial charge in [0.2, 0.25) is 10.0 Å². The summed E-state index contributed by atoms with van der Waals surface area (Å²) in [7, 11) is -3.96. The molecule has 0 bridgehead atoms. The SMILES string of the molecule is Cc1cnc(C(=O)N2CCN(S(=O)(=O)c3ccc(F)c(F)c3)CC2)cn1. The summed E-state index contributed by atoms with van der Waals surface area (Å²) in [6.07, 6.45) is 2.86. The molecular formula is C16H16F2N4O3S. The van der Waals surface area contributed by atoms with Crippen LogP contribution < -0.4 is 0 Å². The van der Waals surface area contributed by atoms with Gasteiger partial charge >= 0.3 is 0 Å². The lowest BCUT2D eigenvalue weighted by molar-refractivity contribution is 0.0691. The fraction of sp³-hybridized carbons (Fsp3) is 0.312. The van der Waals surface area contributed by atoms with Crippen molar-refractivity contribution >= 4 is 15.9 Å². The molecule has 1 aromatic carbocycles. The highest BCUT2D eigenvalue weighted by Crippen LogP contribution is 2.20. The molecule has 138 valence electrons. The van der Waals surface area contributed by atoms with Crippen LogP contribution in [0.1, 0.15) is 16.2 Å². The van der Waals surface area contributed by atoms with Crippen molar-refractivity contribution in [1.29, 1.82) is 0 Å². The van der Waals surface area contributed by atoms with Gasteiger partial charge < -0.3 is 4.90 Å². The van der Waals surface area contributed by atoms with Crippen molar-refractivity contribution in [3.63, 3.8) is 0 Å². The van der Waals surface area contributed by atoms with Gasteiger partial charge in [0.25, 0.3) is 5.91 Å². The largest absolute Gasteiger partial charge is 0.335 e. The Morgan fingerprint density at radius 3 is 2.31 bits per heavy atom. The minimum atomic E-state index is -3.96. The summed E-state index contributed by atoms with van der Waals surface area (Å²) in [5.41, 5.74) is 0.872. The van der Waals surface area contributed by atoms with E-state index in [-0.39, 0.29) is 42.7 Å². The van der Waals surface area contributed by atoms with Crippen molar-refractivity contribution in [2.75, 3.05) is 26.2 Å². The van der Waals surface area contributed by atoms with Gasteiger partial charge in [-0.3, -0.25) is 9.78 Å². The molecule has 10 heteroatoms. The summed E-state index contributed by atoms with van der Waals surface area (Å²) in [5, 5.41) is 0. The van der Waals surface area contributed by atoms with Crippen LogP contribution in [0.3, 0.4) is 0 Å². The van der Waals surface area contributed by atoms with Crippen LogP contribution in [0.2, 0.25) is 0 Å². The van der Waals surface area contributed by atoms with Gasteiger partial charge in [0, 0.05) is 32.4 Å². The van der Waals surface area contributed by atoms with Gasteiger partial charge in [0.1, 0.15) is 5.69 Å². The molecule has 1 aromatic heterocycles. The normalized spacial score (nSPS) is 15.9. The number of aromatic nitrogens is 2. The number of rotatable bonds is 3. The summed E-state index contributed by atoms with van der Waals surface area (Å²) in [4.78, 5) is 21.6. The van der Waals surface area contributed by atoms with E-state index >= 15 is 0 Å². The topological polar surface area (TPSA) is 83.5 Å². The van der Waals surface area contributed by atoms with Crippen LogP contribution >= 0.6 is 0 Å². The van der Waals surface area contributed by atoms with E-state index in [1.807, 2.05) is 0 Å². The third-order valence-electron chi connectivity index (χ3n) is 4.05. The quantitative estimate of drug-likeness (QED) is 0.797. The van der Waals surface area contributed by atoms with Crippen molar-refractivity contribution in [2.24, 2.45) is 0 Å². The van der Waals surface area contributed by atoms with E-state index in [9.17, 15) is 22.0 Å². The van der Waals surface area contributed by atoms with Crippen LogP contribution in [0, 0.1) is 18.6 Å². The Bertz CT molecular complexity index is 927. The summed E-state index contributed by atoms with van der Waals surface area (Å²) in [6.45, 7) is 2.18. The van der Waals surface area contributed by atoms with Crippen LogP contribution in [0.4, 0.5) is 8.78 Å². The average molecular weight is 382 g/mol. The van der Waals surface area contributed by atoms with Crippen molar-refractivity contribution in [3.05, 3.63) is 53.6 Å². The number of nitrogens with zero attached hydrogens (tertiary/aromatic N) is 4. The lowest BCUT2D eigenvalue weighted by Crippen LogP contribution is -2.50. The zero-order chi connectivity index (χ0) is 18.9. The standard InChI is InChI=1S/C16H16F2N4O3S/c1-11-9-20-15(10-19-11)16(23)21-4-6-22(7-5-21)26(24,25)12-2-3-13(17)14(18)8-12/h2-3,8-10H,4-7H2,1H3. The second-order valence-corrected chi connectivity index (χ2v) is 7.75. The Balaban J connectivity index is 1.70. The van der Waals surface area contributed by atoms with E-state index < -0.39 is 21.7 Å². The van der Waals surface area contributed by atoms with E-state index in [1.165, 1.54) is 17.3 Å². The Morgan fingerprint density at radius 1 is 1.04 bits per heavy atom. The molecule has 7 nitrogen and oxygen atoms in total. The van der Waals surface area contributed by atoms with Crippen LogP contribution in [-0.4, -0.2) is 59.7 Å². The molecule has 0 atom stereocenters. The number of halogens is 2. The van der Waals surface area contributed by atoms with Gasteiger partial charge in [0.15, 0.2) is 11.6 Å². The third-order valence-corrected chi connectivity index (χ3v) is 5.95. The molecule has 3 rings (SSSR count). The number of carbonyl (C=O) groups excluding carboxylic acids is 1. The molecule has 0 aliphatic carbocycles. The minimum Gasteiger partial charge on any atom is -0.335 e. The number of amides is 1. The third kappa shape index (κ3) is 3.56. The van der Waals surface area contributed by atoms with Gasteiger partial charge in [-0.25, -0.2) is 22.2 Å². The summed E-state index contributed by atoms with van der Waals surface area (Å²) >= 11 is 0. The molecule has 0 spiro atoms. The first-order valence-electron chi connectivity index (χ1n) is 7.82. The average Bonchev–Trinajstić information content (AvgIpc) is 2.64. The maximum atomic E-state index is 13.3. The second-order valence-electron chi connectivity index (χ2n) is 5.82. The fourth-order valence-corrected chi connectivity index (χ4v) is 4.02. The molecule has 0 N–H and O–H groups in total. The zero-order valence-electron chi connectivity index (χ0n) is 13.9. The molecule has 1 saturated heterocycles. The molecule has 2 aromatic rings. The smallest absolute Gasteiger partial charge is 0.274 e. The number of benzene rings is 1. The van der Waals surface area contributed by atoms with Crippen LogP contribution in [0.5, 0.6) is 0 Å². The monoisotopic (exact) mass is 382 g/mol. The molecule has 0 radical (unpaired) electrons. The Kier molecular flexibility index (Phi) is 4.97. The molecule has 0 unspecified atom stereocenters. The van der Waals surface area contributed by atoms with Gasteiger partial charge in [-0.1, -0.05) is 0 Å². The highest BCUT2D eigenvalue weighted by Gasteiger charge is 2.31. The van der Waals surface area contributed by atoms with Gasteiger partial charge in [-0.2, -0.15) is 4.31 Å². The number of hydrogen-bond donors (Lipinski definition) is 0. The van der Waals surface area contributed by atoms with Crippen molar-refractivity contribution in [2.45, 2.75) is 11.8 Å². The number of piperazine rings is 1. The van der Waals surface area contributed by atoms with Gasteiger partial charge in [0.05, 0.1) is 16.8 Å². The molecular weight excluding hydrogens is 366 g/mol. The van der Waals surface area contributed by atoms with E-state index in [0.29, 0.717) is 11.8 Å². The van der Waals surface area contributed by atoms with Crippen molar-refractivity contribution < 1.29 is 22.0 Å². The Hall–Kier alpha value is -2.46. The molecule has 26 heavy (non-hydrogen) atoms. The number of hydrogen-bond acceptors (Lipinski definition) is 5. The maximum Gasteiger partial charge on any atom is 0.274 e. The van der Waals surface area contributed by atoms with Gasteiger partial charge in [-0.15, -0.1) is 0 Å². The van der Waals surface area contributed by atoms with E-state index in [1.54, 1.807) is 6.92 Å². The molecule has 0 saturated carbocycles. The predicted molar refractivity (Wildman–Crippen MR) is 87.8 cm³/mol. The predicted octanol–water partition coefficient (Wildman–Crippen LogP) is 1.21. The highest BCUT2D eigenvalue weighted by molar-refractivity contribution is 7.89. The summed E-state index contributed by atoms with van der Waals surface area (Å²) in [6, 6.07) is 2.45. The minimum absolute atomic E-state index is 0.0480. The summed E-state index contributed by atoms with van der Waals surface area (Å²) < 4.78 is 52.6. The first-order chi connectivity index (χ1) is 12.3. The Morgan fingerprint density at radius 2 is 1.73 bits per heavy atom. The molecule has 1 aliphatic rings. The lowest BCUT2D eigenvalue weighted by Gasteiger charge is -2.33. The van der Waals surface area contributed by atoms with Crippen LogP contribution in [0.25, 0.3) is 0 Å². The fourth-order valence-electron chi connectivity index (χ4n) is 2.58. The van der Waals surface area contributed by atoms with Crippen LogP contribution in [0.15, 0.2) is 35.5 Å². The second kappa shape index (κ2) is 7.04. The maximum absolute atomic E-state index is 13.3. The Labute approximate surface area is 149 Å². The summed E-state index contributed by atoms with van der Waals surface area (Å²) in [5.74, 6) is -2.67. The molecule has 1 aliphatic heterocycles. The van der Waals surface area contributed by atoms with Gasteiger partial charge in [-0.05, 0) is 25.1 Å². The molecule has 1 fully saturated rings. The van der Waals surface area contributed by atoms with Crippen molar-refractivity contribution in [1.82, 2.24) is 19.2 Å². The highest BCUT2D eigenvalue weighted by atomic mass is 32.2. The lowest BCUT2D eigenvalue weighted by atomic mass is 10.3. The number of carbonyl (C=O) groups is 1. The first kappa shape index (κ1) is 18.3. The van der Waals surface area contributed by atoms with Crippen molar-refractivity contribution in [3.8, 4) is 0 Å². The van der Waals surface area contributed by atoms with E-state index in [0.717, 1.165) is 16.4 Å². The van der Waals surface area contributed by atoms with E-state index in [2.05, 4.69) is 9.97 Å². The number of aryl methyl sites for hydroxylation is 1. The van der Waals surface area contributed by atoms with Crippen LogP contribution in [-0.2, 0) is 10.0 Å². The van der Waals surface area contributed by atoms with E-state index in [4.69, 9.17) is 0 Å². The zero-order valence-corrected chi connectivity index (χ0v) is 14.7. The molecule has 2 heterocycles. The molecule has 1 amide bonds. The number of sulfonamides is 1.